The van der Waals surface area contributed by atoms with Gasteiger partial charge in [0.05, 0.1) is 0 Å². The maximum atomic E-state index is 5.91. The summed E-state index contributed by atoms with van der Waals surface area (Å²) in [5.41, 5.74) is 2.42. The molecule has 0 spiro atoms. The van der Waals surface area contributed by atoms with Crippen LogP contribution in [-0.4, -0.2) is 21.3 Å². The van der Waals surface area contributed by atoms with Crippen LogP contribution in [0.1, 0.15) is 30.8 Å². The first-order chi connectivity index (χ1) is 10.1. The maximum Gasteiger partial charge on any atom is 0.170 e. The second kappa shape index (κ2) is 7.22. The van der Waals surface area contributed by atoms with Gasteiger partial charge in [-0.05, 0) is 25.5 Å². The Morgan fingerprint density at radius 1 is 1.33 bits per heavy atom. The molecule has 0 amide bonds. The van der Waals surface area contributed by atoms with Crippen molar-refractivity contribution in [2.24, 2.45) is 13.0 Å². The Labute approximate surface area is 126 Å². The highest BCUT2D eigenvalue weighted by Crippen LogP contribution is 2.21. The minimum atomic E-state index is 0.427. The highest BCUT2D eigenvalue weighted by molar-refractivity contribution is 5.36. The van der Waals surface area contributed by atoms with Crippen LogP contribution >= 0.6 is 0 Å². The van der Waals surface area contributed by atoms with Crippen LogP contribution in [0.3, 0.4) is 0 Å². The van der Waals surface area contributed by atoms with E-state index in [2.05, 4.69) is 48.4 Å². The Kier molecular flexibility index (Phi) is 5.33. The Balaban J connectivity index is 2.02. The standard InChI is InChI=1S/C16H24N4O/c1-12(2)8-17-9-14-7-13(3)5-6-15(14)21-10-16-19-18-11-20(16)4/h5-7,11-12,17H,8-10H2,1-4H3. The molecule has 0 radical (unpaired) electrons. The van der Waals surface area contributed by atoms with Crippen molar-refractivity contribution in [3.63, 3.8) is 0 Å². The summed E-state index contributed by atoms with van der Waals surface area (Å²) in [6.07, 6.45) is 1.68. The molecule has 0 aliphatic heterocycles. The SMILES string of the molecule is Cc1ccc(OCc2nncn2C)c(CNCC(C)C)c1. The van der Waals surface area contributed by atoms with E-state index >= 15 is 0 Å². The third kappa shape index (κ3) is 4.56. The summed E-state index contributed by atoms with van der Waals surface area (Å²) in [5.74, 6) is 2.36. The average molecular weight is 288 g/mol. The molecule has 114 valence electrons. The van der Waals surface area contributed by atoms with Crippen molar-refractivity contribution in [3.05, 3.63) is 41.5 Å². The molecule has 0 bridgehead atoms. The van der Waals surface area contributed by atoms with Crippen LogP contribution in [0.15, 0.2) is 24.5 Å². The minimum absolute atomic E-state index is 0.427. The van der Waals surface area contributed by atoms with Crippen LogP contribution in [0.4, 0.5) is 0 Å². The molecule has 1 N–H and O–H groups in total. The normalized spacial score (nSPS) is 11.1. The van der Waals surface area contributed by atoms with Gasteiger partial charge in [-0.1, -0.05) is 31.5 Å². The Morgan fingerprint density at radius 2 is 2.14 bits per heavy atom. The van der Waals surface area contributed by atoms with Gasteiger partial charge in [-0.15, -0.1) is 10.2 Å². The lowest BCUT2D eigenvalue weighted by Crippen LogP contribution is -2.19. The smallest absolute Gasteiger partial charge is 0.170 e. The first kappa shape index (κ1) is 15.5. The van der Waals surface area contributed by atoms with E-state index in [1.807, 2.05) is 17.7 Å². The van der Waals surface area contributed by atoms with Gasteiger partial charge in [0.2, 0.25) is 0 Å². The minimum Gasteiger partial charge on any atom is -0.485 e. The molecule has 0 aliphatic rings. The van der Waals surface area contributed by atoms with Gasteiger partial charge in [0.15, 0.2) is 5.82 Å². The van der Waals surface area contributed by atoms with Crippen LogP contribution < -0.4 is 10.1 Å². The fourth-order valence-electron chi connectivity index (χ4n) is 2.06. The van der Waals surface area contributed by atoms with Gasteiger partial charge in [0.25, 0.3) is 0 Å². The topological polar surface area (TPSA) is 52.0 Å². The number of ether oxygens (including phenoxy) is 1. The molecule has 0 aliphatic carbocycles. The fourth-order valence-corrected chi connectivity index (χ4v) is 2.06. The summed E-state index contributed by atoms with van der Waals surface area (Å²) in [5, 5.41) is 11.4. The highest BCUT2D eigenvalue weighted by atomic mass is 16.5. The average Bonchev–Trinajstić information content (AvgIpc) is 2.83. The highest BCUT2D eigenvalue weighted by Gasteiger charge is 2.07. The molecule has 0 saturated heterocycles. The quantitative estimate of drug-likeness (QED) is 0.850. The van der Waals surface area contributed by atoms with E-state index in [1.54, 1.807) is 6.33 Å². The Morgan fingerprint density at radius 3 is 2.81 bits per heavy atom. The molecule has 2 aromatic rings. The van der Waals surface area contributed by atoms with Gasteiger partial charge in [-0.3, -0.25) is 0 Å². The molecule has 21 heavy (non-hydrogen) atoms. The molecular formula is C16H24N4O. The molecule has 1 aromatic heterocycles. The summed E-state index contributed by atoms with van der Waals surface area (Å²) < 4.78 is 7.78. The summed E-state index contributed by atoms with van der Waals surface area (Å²) in [6, 6.07) is 6.26. The van der Waals surface area contributed by atoms with Crippen LogP contribution in [-0.2, 0) is 20.2 Å². The summed E-state index contributed by atoms with van der Waals surface area (Å²) >= 11 is 0. The van der Waals surface area contributed by atoms with E-state index in [4.69, 9.17) is 4.74 Å². The predicted molar refractivity (Wildman–Crippen MR) is 83.1 cm³/mol. The summed E-state index contributed by atoms with van der Waals surface area (Å²) in [6.45, 7) is 8.74. The van der Waals surface area contributed by atoms with E-state index in [9.17, 15) is 0 Å². The second-order valence-electron chi connectivity index (χ2n) is 5.78. The van der Waals surface area contributed by atoms with Crippen molar-refractivity contribution >= 4 is 0 Å². The van der Waals surface area contributed by atoms with Crippen molar-refractivity contribution in [2.45, 2.75) is 33.9 Å². The van der Waals surface area contributed by atoms with Gasteiger partial charge in [-0.2, -0.15) is 0 Å². The van der Waals surface area contributed by atoms with Crippen LogP contribution in [0, 0.1) is 12.8 Å². The molecule has 5 nitrogen and oxygen atoms in total. The molecule has 0 unspecified atom stereocenters. The largest absolute Gasteiger partial charge is 0.485 e. The molecule has 1 aromatic carbocycles. The lowest BCUT2D eigenvalue weighted by Gasteiger charge is -2.13. The predicted octanol–water partition coefficient (Wildman–Crippen LogP) is 2.45. The number of aromatic nitrogens is 3. The molecule has 0 atom stereocenters. The first-order valence-electron chi connectivity index (χ1n) is 7.32. The zero-order valence-electron chi connectivity index (χ0n) is 13.3. The molecule has 2 rings (SSSR count). The van der Waals surface area contributed by atoms with Crippen molar-refractivity contribution in [3.8, 4) is 5.75 Å². The molecule has 1 heterocycles. The lowest BCUT2D eigenvalue weighted by molar-refractivity contribution is 0.287. The van der Waals surface area contributed by atoms with E-state index in [-0.39, 0.29) is 0 Å². The summed E-state index contributed by atoms with van der Waals surface area (Å²) in [7, 11) is 1.92. The monoisotopic (exact) mass is 288 g/mol. The van der Waals surface area contributed by atoms with Crippen LogP contribution in [0.2, 0.25) is 0 Å². The maximum absolute atomic E-state index is 5.91. The van der Waals surface area contributed by atoms with Crippen molar-refractivity contribution in [1.29, 1.82) is 0 Å². The Hall–Kier alpha value is -1.88. The van der Waals surface area contributed by atoms with E-state index < -0.39 is 0 Å². The third-order valence-electron chi connectivity index (χ3n) is 3.25. The zero-order chi connectivity index (χ0) is 15.2. The second-order valence-corrected chi connectivity index (χ2v) is 5.78. The van der Waals surface area contributed by atoms with Gasteiger partial charge in [0.1, 0.15) is 18.7 Å². The van der Waals surface area contributed by atoms with Crippen LogP contribution in [0.5, 0.6) is 5.75 Å². The Bertz CT molecular complexity index is 577. The van der Waals surface area contributed by atoms with Gasteiger partial charge in [-0.25, -0.2) is 0 Å². The summed E-state index contributed by atoms with van der Waals surface area (Å²) in [4.78, 5) is 0. The van der Waals surface area contributed by atoms with Gasteiger partial charge in [0, 0.05) is 19.2 Å². The number of nitrogens with one attached hydrogen (secondary N) is 1. The third-order valence-corrected chi connectivity index (χ3v) is 3.25. The molecular weight excluding hydrogens is 264 g/mol. The number of hydrogen-bond donors (Lipinski definition) is 1. The van der Waals surface area contributed by atoms with E-state index in [0.29, 0.717) is 12.5 Å². The van der Waals surface area contributed by atoms with Crippen molar-refractivity contribution in [1.82, 2.24) is 20.1 Å². The number of rotatable bonds is 7. The number of hydrogen-bond acceptors (Lipinski definition) is 4. The lowest BCUT2D eigenvalue weighted by atomic mass is 10.1. The number of nitrogens with zero attached hydrogens (tertiary/aromatic N) is 3. The van der Waals surface area contributed by atoms with Crippen molar-refractivity contribution < 1.29 is 4.74 Å². The molecule has 0 fully saturated rings. The zero-order valence-corrected chi connectivity index (χ0v) is 13.3. The van der Waals surface area contributed by atoms with Crippen molar-refractivity contribution in [2.75, 3.05) is 6.54 Å². The number of aryl methyl sites for hydroxylation is 2. The van der Waals surface area contributed by atoms with Crippen LogP contribution in [0.25, 0.3) is 0 Å². The number of benzene rings is 1. The molecule has 0 saturated carbocycles. The van der Waals surface area contributed by atoms with Gasteiger partial charge < -0.3 is 14.6 Å². The first-order valence-corrected chi connectivity index (χ1v) is 7.32. The van der Waals surface area contributed by atoms with E-state index in [0.717, 1.165) is 24.7 Å². The molecule has 5 heteroatoms. The fraction of sp³-hybridized carbons (Fsp3) is 0.500. The van der Waals surface area contributed by atoms with Gasteiger partial charge >= 0.3 is 0 Å². The van der Waals surface area contributed by atoms with E-state index in [1.165, 1.54) is 11.1 Å².